The normalized spacial score (nSPS) is 14.7. The van der Waals surface area contributed by atoms with E-state index in [1.54, 1.807) is 29.7 Å². The van der Waals surface area contributed by atoms with Crippen LogP contribution in [0.2, 0.25) is 0 Å². The molecule has 6 nitrogen and oxygen atoms in total. The van der Waals surface area contributed by atoms with E-state index in [4.69, 9.17) is 0 Å². The summed E-state index contributed by atoms with van der Waals surface area (Å²) in [6.07, 6.45) is 2.61. The Bertz CT molecular complexity index is 1240. The van der Waals surface area contributed by atoms with Crippen molar-refractivity contribution in [3.63, 3.8) is 0 Å². The van der Waals surface area contributed by atoms with Gasteiger partial charge in [-0.1, -0.05) is 6.07 Å². The third-order valence-electron chi connectivity index (χ3n) is 5.83. The Morgan fingerprint density at radius 2 is 1.97 bits per heavy atom. The molecule has 0 radical (unpaired) electrons. The zero-order valence-electron chi connectivity index (χ0n) is 17.9. The van der Waals surface area contributed by atoms with E-state index in [1.807, 2.05) is 34.0 Å². The topological polar surface area (TPSA) is 54.3 Å². The number of benzene rings is 1. The van der Waals surface area contributed by atoms with Crippen molar-refractivity contribution in [2.24, 2.45) is 0 Å². The van der Waals surface area contributed by atoms with E-state index < -0.39 is 0 Å². The lowest BCUT2D eigenvalue weighted by molar-refractivity contribution is 0.0769. The summed E-state index contributed by atoms with van der Waals surface area (Å²) in [5, 5.41) is 7.36. The summed E-state index contributed by atoms with van der Waals surface area (Å²) < 4.78 is 15.1. The van der Waals surface area contributed by atoms with Crippen LogP contribution in [0.4, 0.5) is 10.1 Å². The van der Waals surface area contributed by atoms with E-state index in [1.165, 1.54) is 17.0 Å². The third kappa shape index (κ3) is 4.10. The van der Waals surface area contributed by atoms with E-state index in [2.05, 4.69) is 21.0 Å². The maximum atomic E-state index is 13.5. The molecule has 0 unspecified atom stereocenters. The number of rotatable bonds is 4. The SMILES string of the molecule is Cc1cc(C(=O)N2CCCN(c3ccc(F)cc3)CC2)c2cnn(Cc3cccs3)c2n1. The monoisotopic (exact) mass is 449 g/mol. The van der Waals surface area contributed by atoms with E-state index >= 15 is 0 Å². The quantitative estimate of drug-likeness (QED) is 0.465. The predicted molar refractivity (Wildman–Crippen MR) is 125 cm³/mol. The molecule has 1 aliphatic heterocycles. The molecule has 0 aliphatic carbocycles. The largest absolute Gasteiger partial charge is 0.370 e. The molecule has 8 heteroatoms. The smallest absolute Gasteiger partial charge is 0.254 e. The number of fused-ring (bicyclic) bond motifs is 1. The standard InChI is InChI=1S/C24H24FN5OS/c1-17-14-21(22-15-26-30(23(22)27-17)16-20-4-2-13-32-20)24(31)29-10-3-9-28(11-12-29)19-7-5-18(25)6-8-19/h2,4-8,13-15H,3,9-12,16H2,1H3. The highest BCUT2D eigenvalue weighted by molar-refractivity contribution is 7.09. The van der Waals surface area contributed by atoms with Crippen molar-refractivity contribution in [1.82, 2.24) is 19.7 Å². The van der Waals surface area contributed by atoms with Gasteiger partial charge in [0.1, 0.15) is 5.82 Å². The van der Waals surface area contributed by atoms with Crippen molar-refractivity contribution < 1.29 is 9.18 Å². The maximum absolute atomic E-state index is 13.5. The van der Waals surface area contributed by atoms with Gasteiger partial charge in [-0.05, 0) is 55.1 Å². The van der Waals surface area contributed by atoms with Gasteiger partial charge in [-0.3, -0.25) is 4.79 Å². The molecule has 0 bridgehead atoms. The third-order valence-corrected chi connectivity index (χ3v) is 6.69. The van der Waals surface area contributed by atoms with Gasteiger partial charge in [0, 0.05) is 42.4 Å². The van der Waals surface area contributed by atoms with E-state index in [-0.39, 0.29) is 11.7 Å². The fourth-order valence-electron chi connectivity index (χ4n) is 4.22. The number of hydrogen-bond donors (Lipinski definition) is 0. The molecule has 1 amide bonds. The molecule has 1 aromatic carbocycles. The Balaban J connectivity index is 1.38. The van der Waals surface area contributed by atoms with Crippen molar-refractivity contribution in [2.75, 3.05) is 31.1 Å². The van der Waals surface area contributed by atoms with Crippen LogP contribution in [-0.2, 0) is 6.54 Å². The minimum atomic E-state index is -0.239. The van der Waals surface area contributed by atoms with Crippen molar-refractivity contribution in [1.29, 1.82) is 0 Å². The van der Waals surface area contributed by atoms with Crippen molar-refractivity contribution in [3.05, 3.63) is 76.0 Å². The summed E-state index contributed by atoms with van der Waals surface area (Å²) in [5.41, 5.74) is 3.18. The molecule has 4 aromatic rings. The zero-order valence-corrected chi connectivity index (χ0v) is 18.7. The van der Waals surface area contributed by atoms with Crippen molar-refractivity contribution in [3.8, 4) is 0 Å². The lowest BCUT2D eigenvalue weighted by Crippen LogP contribution is -2.35. The van der Waals surface area contributed by atoms with Crippen LogP contribution in [0.5, 0.6) is 0 Å². The highest BCUT2D eigenvalue weighted by Gasteiger charge is 2.24. The number of thiophene rings is 1. The molecule has 1 aliphatic rings. The Hall–Kier alpha value is -3.26. The van der Waals surface area contributed by atoms with Crippen molar-refractivity contribution in [2.45, 2.75) is 19.9 Å². The summed E-state index contributed by atoms with van der Waals surface area (Å²) in [4.78, 5) is 23.5. The summed E-state index contributed by atoms with van der Waals surface area (Å²) in [6, 6.07) is 12.5. The van der Waals surface area contributed by atoms with Gasteiger partial charge in [-0.25, -0.2) is 14.1 Å². The molecule has 0 spiro atoms. The predicted octanol–water partition coefficient (Wildman–Crippen LogP) is 4.34. The molecule has 0 saturated carbocycles. The Morgan fingerprint density at radius 1 is 1.12 bits per heavy atom. The number of carbonyl (C=O) groups excluding carboxylic acids is 1. The zero-order chi connectivity index (χ0) is 22.1. The molecule has 0 atom stereocenters. The second-order valence-electron chi connectivity index (χ2n) is 8.04. The van der Waals surface area contributed by atoms with Crippen LogP contribution >= 0.6 is 11.3 Å². The van der Waals surface area contributed by atoms with Gasteiger partial charge < -0.3 is 9.80 Å². The molecule has 5 rings (SSSR count). The second-order valence-corrected chi connectivity index (χ2v) is 9.07. The molecule has 0 N–H and O–H groups in total. The summed E-state index contributed by atoms with van der Waals surface area (Å²) in [5.74, 6) is -0.228. The molecule has 164 valence electrons. The van der Waals surface area contributed by atoms with Gasteiger partial charge in [-0.2, -0.15) is 5.10 Å². The number of halogens is 1. The van der Waals surface area contributed by atoms with Gasteiger partial charge in [0.2, 0.25) is 0 Å². The highest BCUT2D eigenvalue weighted by Crippen LogP contribution is 2.23. The Morgan fingerprint density at radius 3 is 2.75 bits per heavy atom. The molecule has 1 saturated heterocycles. The van der Waals surface area contributed by atoms with E-state index in [0.29, 0.717) is 31.7 Å². The highest BCUT2D eigenvalue weighted by atomic mass is 32.1. The number of hydrogen-bond acceptors (Lipinski definition) is 5. The average Bonchev–Trinajstić information content (AvgIpc) is 3.38. The van der Waals surface area contributed by atoms with Gasteiger partial charge in [0.15, 0.2) is 5.65 Å². The summed E-state index contributed by atoms with van der Waals surface area (Å²) >= 11 is 1.68. The first kappa shape index (κ1) is 20.6. The number of pyridine rings is 1. The van der Waals surface area contributed by atoms with Crippen LogP contribution in [0.25, 0.3) is 11.0 Å². The van der Waals surface area contributed by atoms with Crippen LogP contribution in [0.1, 0.15) is 27.3 Å². The molecule has 32 heavy (non-hydrogen) atoms. The molecular weight excluding hydrogens is 425 g/mol. The second kappa shape index (κ2) is 8.70. The summed E-state index contributed by atoms with van der Waals surface area (Å²) in [6.45, 7) is 5.39. The van der Waals surface area contributed by atoms with E-state index in [9.17, 15) is 9.18 Å². The van der Waals surface area contributed by atoms with Crippen LogP contribution in [0.3, 0.4) is 0 Å². The van der Waals surface area contributed by atoms with Crippen LogP contribution in [0, 0.1) is 12.7 Å². The maximum Gasteiger partial charge on any atom is 0.254 e. The number of amides is 1. The van der Waals surface area contributed by atoms with Crippen LogP contribution < -0.4 is 4.90 Å². The minimum Gasteiger partial charge on any atom is -0.370 e. The number of aromatic nitrogens is 3. The minimum absolute atomic E-state index is 0.0112. The van der Waals surface area contributed by atoms with Gasteiger partial charge in [0.05, 0.1) is 23.7 Å². The number of carbonyl (C=O) groups is 1. The first-order valence-electron chi connectivity index (χ1n) is 10.7. The lowest BCUT2D eigenvalue weighted by Gasteiger charge is -2.24. The number of aryl methyl sites for hydroxylation is 1. The molecular formula is C24H24FN5OS. The Kier molecular flexibility index (Phi) is 5.61. The first-order valence-corrected chi connectivity index (χ1v) is 11.6. The summed E-state index contributed by atoms with van der Waals surface area (Å²) in [7, 11) is 0. The van der Waals surface area contributed by atoms with E-state index in [0.717, 1.165) is 35.4 Å². The van der Waals surface area contributed by atoms with Gasteiger partial charge in [-0.15, -0.1) is 11.3 Å². The fraction of sp³-hybridized carbons (Fsp3) is 0.292. The average molecular weight is 450 g/mol. The number of anilines is 1. The fourth-order valence-corrected chi connectivity index (χ4v) is 4.90. The number of nitrogens with zero attached hydrogens (tertiary/aromatic N) is 5. The van der Waals surface area contributed by atoms with Crippen molar-refractivity contribution >= 4 is 34.0 Å². The molecule has 3 aromatic heterocycles. The first-order chi connectivity index (χ1) is 15.6. The van der Waals surface area contributed by atoms with Gasteiger partial charge >= 0.3 is 0 Å². The van der Waals surface area contributed by atoms with Crippen LogP contribution in [0.15, 0.2) is 54.0 Å². The molecule has 4 heterocycles. The Labute approximate surface area is 189 Å². The lowest BCUT2D eigenvalue weighted by atomic mass is 10.1. The molecule has 1 fully saturated rings. The van der Waals surface area contributed by atoms with Gasteiger partial charge in [0.25, 0.3) is 5.91 Å². The van der Waals surface area contributed by atoms with Crippen LogP contribution in [-0.4, -0.2) is 51.8 Å².